The summed E-state index contributed by atoms with van der Waals surface area (Å²) >= 11 is 0. The smallest absolute Gasteiger partial charge is 0.335 e. The Morgan fingerprint density at radius 1 is 0.568 bits per heavy atom. The maximum Gasteiger partial charge on any atom is 0.335 e. The highest BCUT2D eigenvalue weighted by molar-refractivity contribution is 5.88. The minimum atomic E-state index is -0.906. The molecule has 0 saturated heterocycles. The molecule has 6 rings (SSSR count). The van der Waals surface area contributed by atoms with Crippen molar-refractivity contribution in [2.24, 2.45) is 0 Å². The van der Waals surface area contributed by atoms with Gasteiger partial charge < -0.3 is 20.0 Å². The standard InChI is InChI=1S/C31H26N2O4/c34-30(35)24-7-1-20(2-8-24)13-22-5-11-28-26(15-22)17-32-19-33(28)18-27-16-23(6-12-29(27)32)14-21-3-9-25(10-4-21)31(36)37/h1-12,15-16H,13-14,17-19H2,(H,34,35)(H,36,37). The third kappa shape index (κ3) is 4.54. The molecule has 0 aromatic heterocycles. The zero-order valence-electron chi connectivity index (χ0n) is 20.2. The summed E-state index contributed by atoms with van der Waals surface area (Å²) in [7, 11) is 0. The number of aromatic carboxylic acids is 2. The van der Waals surface area contributed by atoms with E-state index >= 15 is 0 Å². The van der Waals surface area contributed by atoms with Crippen molar-refractivity contribution in [2.45, 2.75) is 25.9 Å². The lowest BCUT2D eigenvalue weighted by molar-refractivity contribution is 0.0686. The van der Waals surface area contributed by atoms with Gasteiger partial charge in [-0.15, -0.1) is 0 Å². The molecule has 2 aliphatic rings. The number of fused-ring (bicyclic) bond motifs is 6. The van der Waals surface area contributed by atoms with Gasteiger partial charge in [0.15, 0.2) is 0 Å². The van der Waals surface area contributed by atoms with E-state index in [0.29, 0.717) is 11.1 Å². The van der Waals surface area contributed by atoms with Gasteiger partial charge in [-0.05, 0) is 82.6 Å². The van der Waals surface area contributed by atoms with Gasteiger partial charge in [0.05, 0.1) is 17.8 Å². The molecule has 184 valence electrons. The fourth-order valence-corrected chi connectivity index (χ4v) is 5.41. The van der Waals surface area contributed by atoms with Gasteiger partial charge in [-0.2, -0.15) is 0 Å². The van der Waals surface area contributed by atoms with Crippen LogP contribution in [-0.4, -0.2) is 28.8 Å². The number of rotatable bonds is 6. The van der Waals surface area contributed by atoms with Gasteiger partial charge in [0.25, 0.3) is 0 Å². The summed E-state index contributed by atoms with van der Waals surface area (Å²) < 4.78 is 0. The molecule has 0 radical (unpaired) electrons. The van der Waals surface area contributed by atoms with Gasteiger partial charge in [-0.1, -0.05) is 48.5 Å². The minimum Gasteiger partial charge on any atom is -0.478 e. The van der Waals surface area contributed by atoms with Crippen molar-refractivity contribution < 1.29 is 19.8 Å². The number of carbonyl (C=O) groups is 2. The van der Waals surface area contributed by atoms with Crippen LogP contribution in [0.2, 0.25) is 0 Å². The van der Waals surface area contributed by atoms with Gasteiger partial charge in [-0.25, -0.2) is 9.59 Å². The molecule has 2 N–H and O–H groups in total. The monoisotopic (exact) mass is 490 g/mol. The highest BCUT2D eigenvalue weighted by atomic mass is 16.4. The molecule has 0 fully saturated rings. The van der Waals surface area contributed by atoms with E-state index in [1.807, 2.05) is 24.3 Å². The number of anilines is 2. The van der Waals surface area contributed by atoms with Crippen molar-refractivity contribution >= 4 is 23.3 Å². The Kier molecular flexibility index (Phi) is 5.64. The average Bonchev–Trinajstić information content (AvgIpc) is 2.89. The Hall–Kier alpha value is -4.58. The molecule has 4 aromatic rings. The number of carboxylic acids is 2. The SMILES string of the molecule is O=C(O)c1ccc(Cc2ccc3c(c2)CN2CN3Cc3cc(Cc4ccc(C(=O)O)cc4)ccc32)cc1. The topological polar surface area (TPSA) is 81.1 Å². The van der Waals surface area contributed by atoms with E-state index in [1.165, 1.54) is 33.6 Å². The zero-order valence-corrected chi connectivity index (χ0v) is 20.2. The molecule has 2 aliphatic heterocycles. The molecule has 2 heterocycles. The first-order valence-electron chi connectivity index (χ1n) is 12.3. The van der Waals surface area contributed by atoms with Gasteiger partial charge in [0.2, 0.25) is 0 Å². The average molecular weight is 491 g/mol. The maximum atomic E-state index is 11.1. The van der Waals surface area contributed by atoms with Crippen LogP contribution in [0.5, 0.6) is 0 Å². The predicted molar refractivity (Wildman–Crippen MR) is 143 cm³/mol. The molecule has 0 aliphatic carbocycles. The van der Waals surface area contributed by atoms with Crippen LogP contribution in [0, 0.1) is 0 Å². The van der Waals surface area contributed by atoms with Crippen molar-refractivity contribution in [3.63, 3.8) is 0 Å². The Labute approximate surface area is 215 Å². The van der Waals surface area contributed by atoms with E-state index < -0.39 is 11.9 Å². The summed E-state index contributed by atoms with van der Waals surface area (Å²) in [6.45, 7) is 2.56. The van der Waals surface area contributed by atoms with E-state index in [9.17, 15) is 9.59 Å². The predicted octanol–water partition coefficient (Wildman–Crippen LogP) is 5.56. The van der Waals surface area contributed by atoms with Crippen LogP contribution in [0.1, 0.15) is 54.1 Å². The number of nitrogens with zero attached hydrogens (tertiary/aromatic N) is 2. The second kappa shape index (κ2) is 9.13. The molecule has 37 heavy (non-hydrogen) atoms. The minimum absolute atomic E-state index is 0.306. The van der Waals surface area contributed by atoms with Gasteiger partial charge in [0, 0.05) is 24.5 Å². The lowest BCUT2D eigenvalue weighted by Crippen LogP contribution is -2.46. The van der Waals surface area contributed by atoms with Crippen molar-refractivity contribution in [1.29, 1.82) is 0 Å². The molecule has 0 saturated carbocycles. The lowest BCUT2D eigenvalue weighted by atomic mass is 9.95. The number of benzene rings is 4. The van der Waals surface area contributed by atoms with E-state index in [2.05, 4.69) is 46.2 Å². The zero-order chi connectivity index (χ0) is 25.5. The Morgan fingerprint density at radius 2 is 0.946 bits per heavy atom. The van der Waals surface area contributed by atoms with Crippen LogP contribution < -0.4 is 9.80 Å². The molecule has 0 atom stereocenters. The molecule has 0 unspecified atom stereocenters. The summed E-state index contributed by atoms with van der Waals surface area (Å²) in [6, 6.07) is 27.5. The van der Waals surface area contributed by atoms with Gasteiger partial charge >= 0.3 is 11.9 Å². The summed E-state index contributed by atoms with van der Waals surface area (Å²) in [4.78, 5) is 27.1. The first-order valence-corrected chi connectivity index (χ1v) is 12.3. The number of carboxylic acid groups (broad SMARTS) is 2. The van der Waals surface area contributed by atoms with Crippen LogP contribution in [0.3, 0.4) is 0 Å². The fourth-order valence-electron chi connectivity index (χ4n) is 5.41. The summed E-state index contributed by atoms with van der Waals surface area (Å²) in [5.41, 5.74) is 10.4. The van der Waals surface area contributed by atoms with Crippen molar-refractivity contribution in [3.05, 3.63) is 129 Å². The quantitative estimate of drug-likeness (QED) is 0.368. The maximum absolute atomic E-state index is 11.1. The van der Waals surface area contributed by atoms with E-state index in [1.54, 1.807) is 24.3 Å². The van der Waals surface area contributed by atoms with Crippen molar-refractivity contribution in [2.75, 3.05) is 16.5 Å². The third-order valence-electron chi connectivity index (χ3n) is 7.25. The summed E-state index contributed by atoms with van der Waals surface area (Å²) in [5.74, 6) is -1.81. The highest BCUT2D eigenvalue weighted by Crippen LogP contribution is 2.39. The second-order valence-electron chi connectivity index (χ2n) is 9.82. The molecular weight excluding hydrogens is 464 g/mol. The Bertz CT molecular complexity index is 1390. The Morgan fingerprint density at radius 3 is 1.32 bits per heavy atom. The molecule has 0 amide bonds. The molecule has 6 nitrogen and oxygen atoms in total. The highest BCUT2D eigenvalue weighted by Gasteiger charge is 2.29. The lowest BCUT2D eigenvalue weighted by Gasteiger charge is -2.45. The van der Waals surface area contributed by atoms with E-state index in [4.69, 9.17) is 10.2 Å². The molecule has 0 spiro atoms. The molecule has 2 bridgehead atoms. The van der Waals surface area contributed by atoms with Crippen LogP contribution >= 0.6 is 0 Å². The largest absolute Gasteiger partial charge is 0.478 e. The Balaban J connectivity index is 1.19. The fraction of sp³-hybridized carbons (Fsp3) is 0.161. The first-order chi connectivity index (χ1) is 17.9. The van der Waals surface area contributed by atoms with Crippen molar-refractivity contribution in [3.8, 4) is 0 Å². The summed E-state index contributed by atoms with van der Waals surface area (Å²) in [5, 5.41) is 18.3. The van der Waals surface area contributed by atoms with E-state index in [0.717, 1.165) is 43.7 Å². The summed E-state index contributed by atoms with van der Waals surface area (Å²) in [6.07, 6.45) is 1.53. The molecule has 6 heteroatoms. The van der Waals surface area contributed by atoms with Crippen LogP contribution in [0.15, 0.2) is 84.9 Å². The van der Waals surface area contributed by atoms with Crippen LogP contribution in [0.25, 0.3) is 0 Å². The molecular formula is C31H26N2O4. The van der Waals surface area contributed by atoms with Crippen LogP contribution in [0.4, 0.5) is 11.4 Å². The van der Waals surface area contributed by atoms with Gasteiger partial charge in [-0.3, -0.25) is 0 Å². The first kappa shape index (κ1) is 22.9. The number of hydrogen-bond donors (Lipinski definition) is 2. The third-order valence-corrected chi connectivity index (χ3v) is 7.25. The number of hydrogen-bond acceptors (Lipinski definition) is 4. The van der Waals surface area contributed by atoms with Gasteiger partial charge in [0.1, 0.15) is 0 Å². The van der Waals surface area contributed by atoms with Crippen molar-refractivity contribution in [1.82, 2.24) is 0 Å². The normalized spacial score (nSPS) is 13.6. The second-order valence-corrected chi connectivity index (χ2v) is 9.82. The van der Waals surface area contributed by atoms with E-state index in [-0.39, 0.29) is 0 Å². The molecule has 4 aromatic carbocycles. The van der Waals surface area contributed by atoms with Crippen LogP contribution in [-0.2, 0) is 25.9 Å².